The Kier molecular flexibility index (Phi) is 7.84. The van der Waals surface area contributed by atoms with Gasteiger partial charge in [0.15, 0.2) is 6.23 Å². The second-order valence-electron chi connectivity index (χ2n) is 11.2. The first-order chi connectivity index (χ1) is 18.5. The molecule has 2 aliphatic heterocycles. The molecule has 2 aliphatic rings. The summed E-state index contributed by atoms with van der Waals surface area (Å²) in [6.07, 6.45) is 1.40. The predicted molar refractivity (Wildman–Crippen MR) is 152 cm³/mol. The van der Waals surface area contributed by atoms with Crippen LogP contribution in [0.25, 0.3) is 11.0 Å². The van der Waals surface area contributed by atoms with E-state index in [1.807, 2.05) is 31.2 Å². The number of nitrogens with zero attached hydrogens (tertiary/aromatic N) is 4. The summed E-state index contributed by atoms with van der Waals surface area (Å²) in [5.74, 6) is 0.354. The molecule has 1 aromatic carbocycles. The zero-order valence-electron chi connectivity index (χ0n) is 22.6. The van der Waals surface area contributed by atoms with Crippen molar-refractivity contribution in [1.82, 2.24) is 24.8 Å². The molecule has 2 fully saturated rings. The van der Waals surface area contributed by atoms with E-state index in [-0.39, 0.29) is 23.8 Å². The molecule has 11 nitrogen and oxygen atoms in total. The lowest BCUT2D eigenvalue weighted by atomic mass is 9.87. The molecule has 5 rings (SSSR count). The molecule has 3 aromatic rings. The summed E-state index contributed by atoms with van der Waals surface area (Å²) in [5, 5.41) is 17.6. The van der Waals surface area contributed by atoms with E-state index in [2.05, 4.69) is 62.2 Å². The molecule has 2 saturated heterocycles. The van der Waals surface area contributed by atoms with Crippen molar-refractivity contribution < 1.29 is 19.4 Å². The molecular weight excluding hydrogens is 566 g/mol. The molecule has 0 aliphatic carbocycles. The van der Waals surface area contributed by atoms with Crippen LogP contribution in [0.2, 0.25) is 0 Å². The first-order valence-corrected chi connectivity index (χ1v) is 14.0. The van der Waals surface area contributed by atoms with Crippen molar-refractivity contribution in [1.29, 1.82) is 0 Å². The van der Waals surface area contributed by atoms with Gasteiger partial charge in [-0.2, -0.15) is 0 Å². The number of aliphatic hydroxyl groups is 1. The monoisotopic (exact) mass is 601 g/mol. The SMILES string of the molecule is CC1O[C@H]2[C@@H](O)[C@H](n3cc(Br)c4c(N)ncnc43)O[C@@H]2CN1CCCNC(=O)Nc1ccc(C(C)(C)C)cc1. The van der Waals surface area contributed by atoms with Crippen LogP contribution in [0.5, 0.6) is 0 Å². The maximum atomic E-state index is 12.4. The van der Waals surface area contributed by atoms with Gasteiger partial charge in [0.1, 0.15) is 42.3 Å². The third-order valence-electron chi connectivity index (χ3n) is 7.38. The van der Waals surface area contributed by atoms with Crippen molar-refractivity contribution in [3.8, 4) is 0 Å². The van der Waals surface area contributed by atoms with E-state index in [1.165, 1.54) is 11.9 Å². The first-order valence-electron chi connectivity index (χ1n) is 13.2. The van der Waals surface area contributed by atoms with Gasteiger partial charge in [-0.05, 0) is 52.4 Å². The largest absolute Gasteiger partial charge is 0.386 e. The summed E-state index contributed by atoms with van der Waals surface area (Å²) < 4.78 is 15.0. The topological polar surface area (TPSA) is 140 Å². The number of carbonyl (C=O) groups is 1. The van der Waals surface area contributed by atoms with E-state index >= 15 is 0 Å². The number of nitrogen functional groups attached to an aromatic ring is 1. The molecule has 210 valence electrons. The highest BCUT2D eigenvalue weighted by Gasteiger charge is 2.50. The Bertz CT molecular complexity index is 1330. The van der Waals surface area contributed by atoms with E-state index in [0.717, 1.165) is 16.6 Å². The molecule has 0 saturated carbocycles. The lowest BCUT2D eigenvalue weighted by Crippen LogP contribution is -2.54. The number of halogens is 1. The third-order valence-corrected chi connectivity index (χ3v) is 7.98. The Morgan fingerprint density at radius 1 is 1.23 bits per heavy atom. The van der Waals surface area contributed by atoms with Gasteiger partial charge in [-0.3, -0.25) is 4.90 Å². The van der Waals surface area contributed by atoms with Crippen LogP contribution in [-0.4, -0.2) is 74.7 Å². The maximum absolute atomic E-state index is 12.4. The second-order valence-corrected chi connectivity index (χ2v) is 12.0. The number of hydrogen-bond donors (Lipinski definition) is 4. The van der Waals surface area contributed by atoms with E-state index in [4.69, 9.17) is 15.2 Å². The number of fused-ring (bicyclic) bond motifs is 2. The highest BCUT2D eigenvalue weighted by atomic mass is 79.9. The number of amides is 2. The molecule has 5 atom stereocenters. The Balaban J connectivity index is 1.12. The van der Waals surface area contributed by atoms with Gasteiger partial charge in [0.05, 0.1) is 5.39 Å². The molecule has 39 heavy (non-hydrogen) atoms. The minimum atomic E-state index is -0.874. The Hall–Kier alpha value is -2.77. The molecule has 1 unspecified atom stereocenters. The molecule has 2 amide bonds. The molecule has 0 spiro atoms. The van der Waals surface area contributed by atoms with Crippen molar-refractivity contribution >= 4 is 44.5 Å². The fraction of sp³-hybridized carbons (Fsp3) is 0.519. The van der Waals surface area contributed by atoms with Crippen LogP contribution in [0.15, 0.2) is 41.3 Å². The van der Waals surface area contributed by atoms with Crippen LogP contribution in [0, 0.1) is 0 Å². The summed E-state index contributed by atoms with van der Waals surface area (Å²) >= 11 is 3.51. The van der Waals surface area contributed by atoms with Crippen LogP contribution in [0.3, 0.4) is 0 Å². The number of hydrogen-bond acceptors (Lipinski definition) is 8. The number of carbonyl (C=O) groups excluding carboxylic acids is 1. The van der Waals surface area contributed by atoms with Crippen molar-refractivity contribution in [3.63, 3.8) is 0 Å². The maximum Gasteiger partial charge on any atom is 0.319 e. The number of ether oxygens (including phenoxy) is 2. The van der Waals surface area contributed by atoms with E-state index in [0.29, 0.717) is 36.5 Å². The fourth-order valence-corrected chi connectivity index (χ4v) is 5.80. The van der Waals surface area contributed by atoms with Crippen molar-refractivity contribution in [2.24, 2.45) is 0 Å². The van der Waals surface area contributed by atoms with Gasteiger partial charge in [-0.25, -0.2) is 14.8 Å². The minimum absolute atomic E-state index is 0.0654. The lowest BCUT2D eigenvalue weighted by Gasteiger charge is -2.39. The van der Waals surface area contributed by atoms with Crippen molar-refractivity contribution in [2.75, 3.05) is 30.7 Å². The fourth-order valence-electron chi connectivity index (χ4n) is 5.20. The Morgan fingerprint density at radius 3 is 2.69 bits per heavy atom. The molecular formula is C27H36BrN7O4. The highest BCUT2D eigenvalue weighted by molar-refractivity contribution is 9.10. The number of rotatable bonds is 6. The average Bonchev–Trinajstić information content (AvgIpc) is 3.38. The van der Waals surface area contributed by atoms with Crippen LogP contribution in [0.4, 0.5) is 16.3 Å². The Labute approximate surface area is 236 Å². The van der Waals surface area contributed by atoms with Gasteiger partial charge in [0.2, 0.25) is 0 Å². The van der Waals surface area contributed by atoms with Crippen LogP contribution in [0.1, 0.15) is 45.9 Å². The zero-order valence-corrected chi connectivity index (χ0v) is 24.2. The quantitative estimate of drug-likeness (QED) is 0.314. The zero-order chi connectivity index (χ0) is 27.9. The van der Waals surface area contributed by atoms with Crippen molar-refractivity contribution in [2.45, 2.75) is 70.3 Å². The standard InChI is InChI=1S/C27H36BrN7O4/c1-15-34(11-5-10-30-26(37)33-17-8-6-16(7-9-17)27(2,3)4)13-19-22(38-15)21(36)25(39-19)35-12-18(28)20-23(29)31-14-32-24(20)35/h6-9,12,14-15,19,21-22,25,36H,5,10-11,13H2,1-4H3,(H2,29,31,32)(H2,30,33,37)/t15?,19-,21-,22-,25-/m1/s1. The minimum Gasteiger partial charge on any atom is -0.386 e. The molecule has 0 radical (unpaired) electrons. The van der Waals surface area contributed by atoms with Gasteiger partial charge in [0, 0.05) is 36.0 Å². The number of nitrogens with two attached hydrogens (primary N) is 1. The van der Waals surface area contributed by atoms with Gasteiger partial charge in [-0.15, -0.1) is 0 Å². The van der Waals surface area contributed by atoms with Gasteiger partial charge in [-0.1, -0.05) is 32.9 Å². The lowest BCUT2D eigenvalue weighted by molar-refractivity contribution is -0.176. The number of anilines is 2. The van der Waals surface area contributed by atoms with Crippen molar-refractivity contribution in [3.05, 3.63) is 46.8 Å². The normalized spacial score (nSPS) is 25.5. The first kappa shape index (κ1) is 27.8. The number of benzene rings is 1. The van der Waals surface area contributed by atoms with E-state index in [1.54, 1.807) is 10.8 Å². The van der Waals surface area contributed by atoms with Crippen LogP contribution >= 0.6 is 15.9 Å². The average molecular weight is 603 g/mol. The van der Waals surface area contributed by atoms with E-state index < -0.39 is 18.4 Å². The van der Waals surface area contributed by atoms with Crippen LogP contribution < -0.4 is 16.4 Å². The van der Waals surface area contributed by atoms with E-state index in [9.17, 15) is 9.90 Å². The van der Waals surface area contributed by atoms with Crippen LogP contribution in [-0.2, 0) is 14.9 Å². The number of aromatic nitrogens is 3. The summed E-state index contributed by atoms with van der Waals surface area (Å²) in [5.41, 5.74) is 8.65. The number of urea groups is 1. The predicted octanol–water partition coefficient (Wildman–Crippen LogP) is 3.59. The highest BCUT2D eigenvalue weighted by Crippen LogP contribution is 2.39. The summed E-state index contributed by atoms with van der Waals surface area (Å²) in [7, 11) is 0. The number of aliphatic hydroxyl groups excluding tert-OH is 1. The van der Waals surface area contributed by atoms with Gasteiger partial charge < -0.3 is 35.5 Å². The molecule has 12 heteroatoms. The van der Waals surface area contributed by atoms with Gasteiger partial charge in [0.25, 0.3) is 0 Å². The molecule has 2 aromatic heterocycles. The number of nitrogens with one attached hydrogen (secondary N) is 2. The third kappa shape index (κ3) is 5.75. The molecule has 5 N–H and O–H groups in total. The summed E-state index contributed by atoms with van der Waals surface area (Å²) in [6, 6.07) is 7.68. The second kappa shape index (κ2) is 11.0. The molecule has 4 heterocycles. The Morgan fingerprint density at radius 2 is 1.97 bits per heavy atom. The van der Waals surface area contributed by atoms with Gasteiger partial charge >= 0.3 is 6.03 Å². The summed E-state index contributed by atoms with van der Waals surface area (Å²) in [4.78, 5) is 22.9. The summed E-state index contributed by atoms with van der Waals surface area (Å²) in [6.45, 7) is 10.3. The smallest absolute Gasteiger partial charge is 0.319 e. The molecule has 0 bridgehead atoms.